The molecule has 4 heteroatoms. The van der Waals surface area contributed by atoms with E-state index in [2.05, 4.69) is 48.3 Å². The van der Waals surface area contributed by atoms with Crippen molar-refractivity contribution in [2.75, 3.05) is 17.2 Å². The summed E-state index contributed by atoms with van der Waals surface area (Å²) in [5.74, 6) is 3.27. The van der Waals surface area contributed by atoms with Crippen LogP contribution in [0.5, 0.6) is 0 Å². The van der Waals surface area contributed by atoms with Gasteiger partial charge in [-0.25, -0.2) is 9.97 Å². The van der Waals surface area contributed by atoms with Crippen LogP contribution in [-0.4, -0.2) is 22.6 Å². The van der Waals surface area contributed by atoms with Crippen LogP contribution >= 0.6 is 0 Å². The molecule has 0 saturated heterocycles. The molecule has 1 saturated carbocycles. The Morgan fingerprint density at radius 1 is 1.26 bits per heavy atom. The van der Waals surface area contributed by atoms with Crippen molar-refractivity contribution in [2.24, 2.45) is 5.92 Å². The predicted octanol–water partition coefficient (Wildman–Crippen LogP) is 3.63. The third-order valence-corrected chi connectivity index (χ3v) is 3.72. The fourth-order valence-electron chi connectivity index (χ4n) is 2.66. The summed E-state index contributed by atoms with van der Waals surface area (Å²) in [4.78, 5) is 8.86. The molecule has 106 valence electrons. The molecular formula is C15H26N4. The van der Waals surface area contributed by atoms with Crippen molar-refractivity contribution in [3.05, 3.63) is 11.9 Å². The van der Waals surface area contributed by atoms with E-state index in [9.17, 15) is 0 Å². The van der Waals surface area contributed by atoms with Crippen molar-refractivity contribution in [2.45, 2.75) is 58.9 Å². The smallest absolute Gasteiger partial charge is 0.135 e. The Labute approximate surface area is 116 Å². The zero-order valence-corrected chi connectivity index (χ0v) is 12.5. The van der Waals surface area contributed by atoms with Gasteiger partial charge in [-0.15, -0.1) is 0 Å². The van der Waals surface area contributed by atoms with Gasteiger partial charge in [0.05, 0.1) is 0 Å². The molecule has 2 N–H and O–H groups in total. The third kappa shape index (κ3) is 3.37. The average molecular weight is 262 g/mol. The molecule has 1 fully saturated rings. The molecule has 1 aliphatic rings. The summed E-state index contributed by atoms with van der Waals surface area (Å²) in [6.45, 7) is 9.82. The molecule has 0 aliphatic heterocycles. The fourth-order valence-corrected chi connectivity index (χ4v) is 2.66. The number of nitrogens with zero attached hydrogens (tertiary/aromatic N) is 2. The van der Waals surface area contributed by atoms with Crippen LogP contribution in [0.1, 0.15) is 58.4 Å². The maximum atomic E-state index is 4.45. The first-order valence-corrected chi connectivity index (χ1v) is 7.47. The highest BCUT2D eigenvalue weighted by atomic mass is 15.1. The molecular weight excluding hydrogens is 236 g/mol. The number of rotatable bonds is 6. The molecule has 0 atom stereocenters. The zero-order chi connectivity index (χ0) is 13.8. The van der Waals surface area contributed by atoms with Crippen LogP contribution in [0, 0.1) is 5.92 Å². The molecule has 1 aromatic rings. The number of aromatic nitrogens is 2. The second-order valence-electron chi connectivity index (χ2n) is 5.98. The third-order valence-electron chi connectivity index (χ3n) is 3.72. The number of hydrogen-bond acceptors (Lipinski definition) is 4. The van der Waals surface area contributed by atoms with Gasteiger partial charge in [0.25, 0.3) is 0 Å². The molecule has 2 rings (SSSR count). The van der Waals surface area contributed by atoms with E-state index >= 15 is 0 Å². The quantitative estimate of drug-likeness (QED) is 0.822. The van der Waals surface area contributed by atoms with Gasteiger partial charge in [-0.1, -0.05) is 27.7 Å². The number of nitrogens with one attached hydrogen (secondary N) is 2. The van der Waals surface area contributed by atoms with Crippen LogP contribution in [0.25, 0.3) is 0 Å². The van der Waals surface area contributed by atoms with Crippen LogP contribution in [0.15, 0.2) is 6.33 Å². The lowest BCUT2D eigenvalue weighted by Gasteiger charge is -2.34. The van der Waals surface area contributed by atoms with Gasteiger partial charge < -0.3 is 10.6 Å². The molecule has 19 heavy (non-hydrogen) atoms. The molecule has 1 heterocycles. The summed E-state index contributed by atoms with van der Waals surface area (Å²) in [6.07, 6.45) is 5.26. The fraction of sp³-hybridized carbons (Fsp3) is 0.733. The molecule has 4 nitrogen and oxygen atoms in total. The van der Waals surface area contributed by atoms with E-state index in [0.717, 1.165) is 30.5 Å². The minimum Gasteiger partial charge on any atom is -0.370 e. The highest BCUT2D eigenvalue weighted by molar-refractivity contribution is 5.59. The van der Waals surface area contributed by atoms with Crippen LogP contribution in [0.2, 0.25) is 0 Å². The first-order chi connectivity index (χ1) is 9.11. The first kappa shape index (κ1) is 14.1. The summed E-state index contributed by atoms with van der Waals surface area (Å²) in [7, 11) is 0. The van der Waals surface area contributed by atoms with E-state index < -0.39 is 0 Å². The molecule has 0 bridgehead atoms. The van der Waals surface area contributed by atoms with E-state index in [1.807, 2.05) is 0 Å². The Hall–Kier alpha value is -1.32. The molecule has 1 aromatic heterocycles. The number of anilines is 2. The standard InChI is InChI=1S/C15H26N4/c1-5-6-16-14-13(10(2)3)15(18-9-17-14)19-12-7-11(4)8-12/h9-12H,5-8H2,1-4H3,(H2,16,17,18,19). The Balaban J connectivity index is 2.16. The van der Waals surface area contributed by atoms with Crippen LogP contribution in [-0.2, 0) is 0 Å². The van der Waals surface area contributed by atoms with Crippen molar-refractivity contribution in [1.29, 1.82) is 0 Å². The lowest BCUT2D eigenvalue weighted by Crippen LogP contribution is -2.34. The van der Waals surface area contributed by atoms with Gasteiger partial charge in [0.15, 0.2) is 0 Å². The van der Waals surface area contributed by atoms with Crippen molar-refractivity contribution < 1.29 is 0 Å². The summed E-state index contributed by atoms with van der Waals surface area (Å²) < 4.78 is 0. The van der Waals surface area contributed by atoms with E-state index in [1.165, 1.54) is 18.4 Å². The first-order valence-electron chi connectivity index (χ1n) is 7.47. The molecule has 0 aromatic carbocycles. The summed E-state index contributed by atoms with van der Waals surface area (Å²) in [5.41, 5.74) is 1.22. The SMILES string of the molecule is CCCNc1ncnc(NC2CC(C)C2)c1C(C)C. The van der Waals surface area contributed by atoms with Gasteiger partial charge in [0.2, 0.25) is 0 Å². The largest absolute Gasteiger partial charge is 0.370 e. The average Bonchev–Trinajstić information content (AvgIpc) is 2.34. The topological polar surface area (TPSA) is 49.8 Å². The predicted molar refractivity (Wildman–Crippen MR) is 80.7 cm³/mol. The summed E-state index contributed by atoms with van der Waals surface area (Å²) >= 11 is 0. The minimum atomic E-state index is 0.417. The minimum absolute atomic E-state index is 0.417. The van der Waals surface area contributed by atoms with Gasteiger partial charge in [0.1, 0.15) is 18.0 Å². The molecule has 0 radical (unpaired) electrons. The van der Waals surface area contributed by atoms with Crippen molar-refractivity contribution in [1.82, 2.24) is 9.97 Å². The Kier molecular flexibility index (Phi) is 4.61. The lowest BCUT2D eigenvalue weighted by atomic mass is 9.82. The Morgan fingerprint density at radius 2 is 1.95 bits per heavy atom. The van der Waals surface area contributed by atoms with Crippen LogP contribution < -0.4 is 10.6 Å². The van der Waals surface area contributed by atoms with Gasteiger partial charge in [-0.2, -0.15) is 0 Å². The van der Waals surface area contributed by atoms with E-state index in [1.54, 1.807) is 6.33 Å². The number of hydrogen-bond donors (Lipinski definition) is 2. The maximum Gasteiger partial charge on any atom is 0.135 e. The molecule has 1 aliphatic carbocycles. The van der Waals surface area contributed by atoms with Crippen molar-refractivity contribution in [3.8, 4) is 0 Å². The summed E-state index contributed by atoms with van der Waals surface area (Å²) in [6, 6.07) is 0.585. The molecule has 0 spiro atoms. The van der Waals surface area contributed by atoms with E-state index in [0.29, 0.717) is 12.0 Å². The van der Waals surface area contributed by atoms with Gasteiger partial charge in [-0.05, 0) is 31.1 Å². The Bertz CT molecular complexity index is 411. The van der Waals surface area contributed by atoms with Crippen LogP contribution in [0.4, 0.5) is 11.6 Å². The normalized spacial score (nSPS) is 22.2. The molecule has 0 amide bonds. The highest BCUT2D eigenvalue weighted by Gasteiger charge is 2.27. The lowest BCUT2D eigenvalue weighted by molar-refractivity contribution is 0.308. The Morgan fingerprint density at radius 3 is 2.53 bits per heavy atom. The van der Waals surface area contributed by atoms with Gasteiger partial charge in [-0.3, -0.25) is 0 Å². The zero-order valence-electron chi connectivity index (χ0n) is 12.5. The highest BCUT2D eigenvalue weighted by Crippen LogP contribution is 2.33. The maximum absolute atomic E-state index is 4.45. The van der Waals surface area contributed by atoms with E-state index in [-0.39, 0.29) is 0 Å². The second kappa shape index (κ2) is 6.22. The van der Waals surface area contributed by atoms with Crippen molar-refractivity contribution in [3.63, 3.8) is 0 Å². The van der Waals surface area contributed by atoms with Gasteiger partial charge in [0, 0.05) is 18.2 Å². The van der Waals surface area contributed by atoms with Crippen LogP contribution in [0.3, 0.4) is 0 Å². The monoisotopic (exact) mass is 262 g/mol. The summed E-state index contributed by atoms with van der Waals surface area (Å²) in [5, 5.41) is 7.00. The molecule has 0 unspecified atom stereocenters. The van der Waals surface area contributed by atoms with Crippen molar-refractivity contribution >= 4 is 11.6 Å². The van der Waals surface area contributed by atoms with Gasteiger partial charge >= 0.3 is 0 Å². The second-order valence-corrected chi connectivity index (χ2v) is 5.98. The van der Waals surface area contributed by atoms with E-state index in [4.69, 9.17) is 0 Å².